The van der Waals surface area contributed by atoms with Crippen LogP contribution in [0.1, 0.15) is 39.3 Å². The lowest BCUT2D eigenvalue weighted by molar-refractivity contribution is 0.0691. The van der Waals surface area contributed by atoms with Crippen molar-refractivity contribution in [3.63, 3.8) is 0 Å². The molecule has 0 bridgehead atoms. The molecule has 1 aliphatic rings. The summed E-state index contributed by atoms with van der Waals surface area (Å²) in [4.78, 5) is 26.0. The second kappa shape index (κ2) is 4.76. The van der Waals surface area contributed by atoms with Crippen LogP contribution in [0.3, 0.4) is 0 Å². The molecule has 6 nitrogen and oxygen atoms in total. The van der Waals surface area contributed by atoms with Gasteiger partial charge in [0, 0.05) is 29.6 Å². The molecule has 0 amide bonds. The highest BCUT2D eigenvalue weighted by Crippen LogP contribution is 2.39. The van der Waals surface area contributed by atoms with E-state index in [9.17, 15) is 14.7 Å². The van der Waals surface area contributed by atoms with E-state index in [1.165, 1.54) is 0 Å². The first-order chi connectivity index (χ1) is 10.3. The van der Waals surface area contributed by atoms with E-state index in [1.807, 2.05) is 20.9 Å². The molecule has 3 N–H and O–H groups in total. The van der Waals surface area contributed by atoms with Gasteiger partial charge in [-0.25, -0.2) is 4.79 Å². The summed E-state index contributed by atoms with van der Waals surface area (Å²) in [6.07, 6.45) is 2.17. The first-order valence-electron chi connectivity index (χ1n) is 7.21. The third-order valence-corrected chi connectivity index (χ3v) is 4.71. The highest BCUT2D eigenvalue weighted by molar-refractivity contribution is 5.92. The molecular weight excluding hydrogens is 284 g/mol. The Kier molecular flexibility index (Phi) is 3.12. The molecule has 2 heterocycles. The molecule has 0 spiro atoms. The molecule has 0 radical (unpaired) electrons. The minimum absolute atomic E-state index is 0.403. The molecule has 0 atom stereocenters. The molecule has 0 aromatic carbocycles. The van der Waals surface area contributed by atoms with Crippen molar-refractivity contribution in [1.82, 2.24) is 9.55 Å². The lowest BCUT2D eigenvalue weighted by Crippen LogP contribution is -2.20. The van der Waals surface area contributed by atoms with E-state index in [0.29, 0.717) is 17.7 Å². The Hall–Kier alpha value is -2.50. The Bertz CT molecular complexity index is 858. The quantitative estimate of drug-likeness (QED) is 0.749. The molecule has 6 heteroatoms. The van der Waals surface area contributed by atoms with E-state index in [0.717, 1.165) is 35.4 Å². The lowest BCUT2D eigenvalue weighted by atomic mass is 10.0. The highest BCUT2D eigenvalue weighted by Gasteiger charge is 2.28. The van der Waals surface area contributed by atoms with Crippen molar-refractivity contribution >= 4 is 5.97 Å². The van der Waals surface area contributed by atoms with Crippen LogP contribution >= 0.6 is 0 Å². The zero-order valence-electron chi connectivity index (χ0n) is 12.8. The SMILES string of the molecule is Cc1c2c(c(C)n1C)-c1[nH]c(=O)c(C(=O)O)c(O)c1CCC2. The Balaban J connectivity index is 2.42. The van der Waals surface area contributed by atoms with Gasteiger partial charge in [-0.1, -0.05) is 0 Å². The standard InChI is InChI=1S/C16H18N2O4/c1-7-9-5-4-6-10-13(11(9)8(2)18(7)3)17-15(20)12(14(10)19)16(21)22/h4-6H2,1-3H3,(H,21,22)(H2,17,19,20). The first kappa shape index (κ1) is 14.4. The number of nitrogens with one attached hydrogen (secondary N) is 1. The second-order valence-electron chi connectivity index (χ2n) is 5.77. The van der Waals surface area contributed by atoms with E-state index >= 15 is 0 Å². The van der Waals surface area contributed by atoms with Gasteiger partial charge in [0.15, 0.2) is 5.56 Å². The van der Waals surface area contributed by atoms with Crippen LogP contribution in [0.4, 0.5) is 0 Å². The first-order valence-corrected chi connectivity index (χ1v) is 7.21. The minimum Gasteiger partial charge on any atom is -0.506 e. The van der Waals surface area contributed by atoms with E-state index in [2.05, 4.69) is 9.55 Å². The van der Waals surface area contributed by atoms with Crippen molar-refractivity contribution in [3.8, 4) is 17.0 Å². The van der Waals surface area contributed by atoms with E-state index < -0.39 is 22.8 Å². The summed E-state index contributed by atoms with van der Waals surface area (Å²) >= 11 is 0. The monoisotopic (exact) mass is 302 g/mol. The van der Waals surface area contributed by atoms with Gasteiger partial charge in [0.05, 0.1) is 5.69 Å². The Labute approximate surface area is 127 Å². The third-order valence-electron chi connectivity index (χ3n) is 4.71. The van der Waals surface area contributed by atoms with Gasteiger partial charge in [0.25, 0.3) is 5.56 Å². The number of rotatable bonds is 1. The zero-order valence-corrected chi connectivity index (χ0v) is 12.8. The van der Waals surface area contributed by atoms with Crippen LogP contribution in [-0.4, -0.2) is 25.7 Å². The fraction of sp³-hybridized carbons (Fsp3) is 0.375. The predicted molar refractivity (Wildman–Crippen MR) is 81.6 cm³/mol. The zero-order chi connectivity index (χ0) is 16.2. The topological polar surface area (TPSA) is 95.3 Å². The number of fused-ring (bicyclic) bond motifs is 3. The molecule has 3 rings (SSSR count). The van der Waals surface area contributed by atoms with E-state index in [1.54, 1.807) is 0 Å². The van der Waals surface area contributed by atoms with Gasteiger partial charge in [-0.3, -0.25) is 4.79 Å². The lowest BCUT2D eigenvalue weighted by Gasteiger charge is -2.12. The van der Waals surface area contributed by atoms with Crippen LogP contribution in [0.25, 0.3) is 11.3 Å². The molecule has 0 aliphatic heterocycles. The molecule has 2 aromatic rings. The third kappa shape index (κ3) is 1.80. The van der Waals surface area contributed by atoms with Crippen molar-refractivity contribution in [2.45, 2.75) is 33.1 Å². The number of nitrogens with zero attached hydrogens (tertiary/aromatic N) is 1. The summed E-state index contributed by atoms with van der Waals surface area (Å²) in [5.74, 6) is -1.81. The highest BCUT2D eigenvalue weighted by atomic mass is 16.4. The molecule has 2 aromatic heterocycles. The van der Waals surface area contributed by atoms with Crippen molar-refractivity contribution in [3.05, 3.63) is 38.4 Å². The Morgan fingerprint density at radius 1 is 1.18 bits per heavy atom. The smallest absolute Gasteiger partial charge is 0.345 e. The Morgan fingerprint density at radius 2 is 1.82 bits per heavy atom. The maximum absolute atomic E-state index is 12.1. The van der Waals surface area contributed by atoms with Crippen molar-refractivity contribution in [1.29, 1.82) is 0 Å². The average Bonchev–Trinajstić information content (AvgIpc) is 2.61. The normalized spacial score (nSPS) is 13.4. The van der Waals surface area contributed by atoms with Crippen LogP contribution in [-0.2, 0) is 19.9 Å². The molecule has 1 aliphatic carbocycles. The predicted octanol–water partition coefficient (Wildman–Crippen LogP) is 1.89. The second-order valence-corrected chi connectivity index (χ2v) is 5.77. The van der Waals surface area contributed by atoms with Gasteiger partial charge in [0.1, 0.15) is 5.75 Å². The molecular formula is C16H18N2O4. The minimum atomic E-state index is -1.41. The summed E-state index contributed by atoms with van der Waals surface area (Å²) in [5.41, 5.74) is 3.92. The fourth-order valence-electron chi connectivity index (χ4n) is 3.38. The maximum atomic E-state index is 12.1. The summed E-state index contributed by atoms with van der Waals surface area (Å²) in [5, 5.41) is 19.4. The Morgan fingerprint density at radius 3 is 2.45 bits per heavy atom. The number of pyridine rings is 1. The van der Waals surface area contributed by atoms with Crippen molar-refractivity contribution in [2.24, 2.45) is 7.05 Å². The number of aromatic amines is 1. The molecule has 22 heavy (non-hydrogen) atoms. The molecule has 0 fully saturated rings. The number of aromatic hydroxyl groups is 1. The average molecular weight is 302 g/mol. The van der Waals surface area contributed by atoms with Crippen LogP contribution in [0, 0.1) is 13.8 Å². The van der Waals surface area contributed by atoms with Crippen molar-refractivity contribution < 1.29 is 15.0 Å². The van der Waals surface area contributed by atoms with Gasteiger partial charge in [-0.15, -0.1) is 0 Å². The van der Waals surface area contributed by atoms with Gasteiger partial charge in [-0.05, 0) is 38.7 Å². The number of hydrogen-bond donors (Lipinski definition) is 3. The number of hydrogen-bond acceptors (Lipinski definition) is 3. The molecule has 0 saturated heterocycles. The van der Waals surface area contributed by atoms with Crippen LogP contribution < -0.4 is 5.56 Å². The van der Waals surface area contributed by atoms with Crippen LogP contribution in [0.5, 0.6) is 5.75 Å². The van der Waals surface area contributed by atoms with Crippen LogP contribution in [0.2, 0.25) is 0 Å². The molecule has 116 valence electrons. The number of carboxylic acid groups (broad SMARTS) is 1. The number of aromatic nitrogens is 2. The maximum Gasteiger partial charge on any atom is 0.345 e. The van der Waals surface area contributed by atoms with Gasteiger partial charge in [-0.2, -0.15) is 0 Å². The van der Waals surface area contributed by atoms with Gasteiger partial charge < -0.3 is 19.8 Å². The number of carboxylic acids is 1. The summed E-state index contributed by atoms with van der Waals surface area (Å²) in [6.45, 7) is 3.99. The van der Waals surface area contributed by atoms with Gasteiger partial charge >= 0.3 is 5.97 Å². The number of carbonyl (C=O) groups is 1. The van der Waals surface area contributed by atoms with Crippen LogP contribution in [0.15, 0.2) is 4.79 Å². The van der Waals surface area contributed by atoms with Gasteiger partial charge in [0.2, 0.25) is 0 Å². The van der Waals surface area contributed by atoms with Crippen molar-refractivity contribution in [2.75, 3.05) is 0 Å². The molecule has 0 unspecified atom stereocenters. The van der Waals surface area contributed by atoms with E-state index in [-0.39, 0.29) is 0 Å². The fourth-order valence-corrected chi connectivity index (χ4v) is 3.38. The van der Waals surface area contributed by atoms with E-state index in [4.69, 9.17) is 5.11 Å². The summed E-state index contributed by atoms with van der Waals surface area (Å²) in [6, 6.07) is 0. The molecule has 0 saturated carbocycles. The summed E-state index contributed by atoms with van der Waals surface area (Å²) in [7, 11) is 1.96. The summed E-state index contributed by atoms with van der Waals surface area (Å²) < 4.78 is 2.06. The largest absolute Gasteiger partial charge is 0.506 e. The number of H-pyrrole nitrogens is 1. The number of aromatic carboxylic acids is 1.